The van der Waals surface area contributed by atoms with Crippen molar-refractivity contribution in [2.24, 2.45) is 0 Å². The van der Waals surface area contributed by atoms with Gasteiger partial charge in [0.05, 0.1) is 7.11 Å². The lowest BCUT2D eigenvalue weighted by Crippen LogP contribution is -2.07. The Hall–Kier alpha value is -2.14. The van der Waals surface area contributed by atoms with E-state index in [1.54, 1.807) is 19.4 Å². The number of rotatable bonds is 4. The maximum atomic E-state index is 11.7. The van der Waals surface area contributed by atoms with Crippen LogP contribution in [0.1, 0.15) is 10.4 Å². The number of ether oxygens (including phenoxy) is 1. The van der Waals surface area contributed by atoms with Gasteiger partial charge in [-0.05, 0) is 30.7 Å². The Morgan fingerprint density at radius 2 is 2.32 bits per heavy atom. The first kappa shape index (κ1) is 13.3. The van der Waals surface area contributed by atoms with Crippen LogP contribution in [0.3, 0.4) is 0 Å². The van der Waals surface area contributed by atoms with E-state index in [-0.39, 0.29) is 5.91 Å². The molecule has 5 heteroatoms. The van der Waals surface area contributed by atoms with E-state index >= 15 is 0 Å². The molecule has 0 aliphatic rings. The Bertz CT molecular complexity index is 605. The summed E-state index contributed by atoms with van der Waals surface area (Å²) < 4.78 is 5.12. The van der Waals surface area contributed by atoms with Gasteiger partial charge < -0.3 is 4.74 Å². The van der Waals surface area contributed by atoms with Crippen LogP contribution >= 0.6 is 11.3 Å². The number of methoxy groups -OCH3 is 1. The Morgan fingerprint density at radius 1 is 1.47 bits per heavy atom. The first-order chi connectivity index (χ1) is 9.17. The average molecular weight is 274 g/mol. The number of amides is 1. The molecule has 0 saturated heterocycles. The molecular weight excluding hydrogens is 260 g/mol. The molecule has 1 amide bonds. The molecule has 1 N–H and O–H groups in total. The summed E-state index contributed by atoms with van der Waals surface area (Å²) in [6.45, 7) is 1.94. The van der Waals surface area contributed by atoms with Crippen LogP contribution in [-0.4, -0.2) is 18.0 Å². The molecule has 4 nitrogen and oxygen atoms in total. The summed E-state index contributed by atoms with van der Waals surface area (Å²) in [4.78, 5) is 16.8. The third-order valence-corrected chi connectivity index (χ3v) is 3.20. The molecule has 1 aromatic carbocycles. The number of thiazole rings is 1. The zero-order chi connectivity index (χ0) is 13.7. The highest BCUT2D eigenvalue weighted by molar-refractivity contribution is 7.15. The zero-order valence-electron chi connectivity index (χ0n) is 10.7. The third-order valence-electron chi connectivity index (χ3n) is 2.37. The number of carbonyl (C=O) groups is 1. The van der Waals surface area contributed by atoms with Crippen LogP contribution in [0.2, 0.25) is 0 Å². The average Bonchev–Trinajstić information content (AvgIpc) is 2.82. The summed E-state index contributed by atoms with van der Waals surface area (Å²) in [6.07, 6.45) is 4.94. The summed E-state index contributed by atoms with van der Waals surface area (Å²) in [6, 6.07) is 7.49. The van der Waals surface area contributed by atoms with Crippen LogP contribution < -0.4 is 10.1 Å². The molecule has 0 fully saturated rings. The van der Waals surface area contributed by atoms with Crippen LogP contribution in [-0.2, 0) is 4.79 Å². The van der Waals surface area contributed by atoms with E-state index in [1.807, 2.05) is 31.2 Å². The second kappa shape index (κ2) is 6.15. The molecule has 0 atom stereocenters. The van der Waals surface area contributed by atoms with E-state index < -0.39 is 0 Å². The fourth-order valence-electron chi connectivity index (χ4n) is 1.48. The molecule has 2 aromatic rings. The van der Waals surface area contributed by atoms with Gasteiger partial charge in [0.1, 0.15) is 5.75 Å². The molecule has 0 spiro atoms. The number of nitrogens with one attached hydrogen (secondary N) is 1. The highest BCUT2D eigenvalue weighted by Crippen LogP contribution is 2.17. The molecule has 2 rings (SSSR count). The number of carbonyl (C=O) groups excluding carboxylic acids is 1. The van der Waals surface area contributed by atoms with Gasteiger partial charge >= 0.3 is 0 Å². The van der Waals surface area contributed by atoms with Crippen LogP contribution in [0.5, 0.6) is 5.75 Å². The normalized spacial score (nSPS) is 10.6. The molecule has 0 unspecified atom stereocenters. The van der Waals surface area contributed by atoms with Crippen molar-refractivity contribution in [1.82, 2.24) is 4.98 Å². The zero-order valence-corrected chi connectivity index (χ0v) is 11.5. The summed E-state index contributed by atoms with van der Waals surface area (Å²) in [5.74, 6) is 0.565. The van der Waals surface area contributed by atoms with Gasteiger partial charge in [-0.3, -0.25) is 10.1 Å². The number of hydrogen-bond donors (Lipinski definition) is 1. The van der Waals surface area contributed by atoms with Crippen LogP contribution in [0.25, 0.3) is 6.08 Å². The summed E-state index contributed by atoms with van der Waals surface area (Å²) in [5, 5.41) is 3.32. The Balaban J connectivity index is 1.99. The third kappa shape index (κ3) is 3.93. The summed E-state index contributed by atoms with van der Waals surface area (Å²) in [7, 11) is 1.61. The minimum absolute atomic E-state index is 0.197. The Kier molecular flexibility index (Phi) is 4.30. The quantitative estimate of drug-likeness (QED) is 0.871. The second-order valence-electron chi connectivity index (χ2n) is 3.88. The van der Waals surface area contributed by atoms with Crippen molar-refractivity contribution < 1.29 is 9.53 Å². The maximum absolute atomic E-state index is 11.7. The highest BCUT2D eigenvalue weighted by Gasteiger charge is 2.01. The first-order valence-electron chi connectivity index (χ1n) is 5.73. The van der Waals surface area contributed by atoms with E-state index in [0.29, 0.717) is 5.13 Å². The Morgan fingerprint density at radius 3 is 3.00 bits per heavy atom. The molecule has 0 radical (unpaired) electrons. The van der Waals surface area contributed by atoms with Gasteiger partial charge in [-0.25, -0.2) is 4.98 Å². The number of benzene rings is 1. The SMILES string of the molecule is COc1cccc(C=CC(=O)Nc2ncc(C)s2)c1. The lowest BCUT2D eigenvalue weighted by Gasteiger charge is -2.00. The number of anilines is 1. The first-order valence-corrected chi connectivity index (χ1v) is 6.54. The van der Waals surface area contributed by atoms with Crippen molar-refractivity contribution in [2.75, 3.05) is 12.4 Å². The van der Waals surface area contributed by atoms with Gasteiger partial charge in [0.15, 0.2) is 5.13 Å². The standard InChI is InChI=1S/C14H14N2O2S/c1-10-9-15-14(19-10)16-13(17)7-6-11-4-3-5-12(8-11)18-2/h3-9H,1-2H3,(H,15,16,17). The second-order valence-corrected chi connectivity index (χ2v) is 5.11. The van der Waals surface area contributed by atoms with Gasteiger partial charge in [0, 0.05) is 17.2 Å². The summed E-state index contributed by atoms with van der Waals surface area (Å²) >= 11 is 1.45. The minimum Gasteiger partial charge on any atom is -0.497 e. The predicted octanol–water partition coefficient (Wildman–Crippen LogP) is 3.11. The van der Waals surface area contributed by atoms with Gasteiger partial charge in [0.25, 0.3) is 0 Å². The molecule has 0 aliphatic heterocycles. The van der Waals surface area contributed by atoms with E-state index in [9.17, 15) is 4.79 Å². The molecule has 1 heterocycles. The van der Waals surface area contributed by atoms with Gasteiger partial charge in [-0.1, -0.05) is 12.1 Å². The van der Waals surface area contributed by atoms with Crippen molar-refractivity contribution in [1.29, 1.82) is 0 Å². The molecule has 0 aliphatic carbocycles. The highest BCUT2D eigenvalue weighted by atomic mass is 32.1. The summed E-state index contributed by atoms with van der Waals surface area (Å²) in [5.41, 5.74) is 0.907. The lowest BCUT2D eigenvalue weighted by molar-refractivity contribution is -0.111. The number of hydrogen-bond acceptors (Lipinski definition) is 4. The topological polar surface area (TPSA) is 51.2 Å². The molecule has 19 heavy (non-hydrogen) atoms. The van der Waals surface area contributed by atoms with Crippen LogP contribution in [0.15, 0.2) is 36.5 Å². The molecule has 1 aromatic heterocycles. The Labute approximate surface area is 115 Å². The van der Waals surface area contributed by atoms with E-state index in [1.165, 1.54) is 17.4 Å². The fourth-order valence-corrected chi connectivity index (χ4v) is 2.14. The van der Waals surface area contributed by atoms with Gasteiger partial charge in [0.2, 0.25) is 5.91 Å². The maximum Gasteiger partial charge on any atom is 0.250 e. The van der Waals surface area contributed by atoms with Crippen LogP contribution in [0, 0.1) is 6.92 Å². The van der Waals surface area contributed by atoms with Gasteiger partial charge in [-0.2, -0.15) is 0 Å². The number of aromatic nitrogens is 1. The molecule has 98 valence electrons. The van der Waals surface area contributed by atoms with Crippen molar-refractivity contribution in [3.05, 3.63) is 47.0 Å². The van der Waals surface area contributed by atoms with Crippen molar-refractivity contribution in [3.8, 4) is 5.75 Å². The van der Waals surface area contributed by atoms with E-state index in [4.69, 9.17) is 4.74 Å². The van der Waals surface area contributed by atoms with E-state index in [0.717, 1.165) is 16.2 Å². The van der Waals surface area contributed by atoms with Crippen molar-refractivity contribution >= 4 is 28.5 Å². The molecule has 0 bridgehead atoms. The number of aryl methyl sites for hydroxylation is 1. The van der Waals surface area contributed by atoms with Crippen molar-refractivity contribution in [3.63, 3.8) is 0 Å². The lowest BCUT2D eigenvalue weighted by atomic mass is 10.2. The molecule has 0 saturated carbocycles. The monoisotopic (exact) mass is 274 g/mol. The molecular formula is C14H14N2O2S. The van der Waals surface area contributed by atoms with Crippen molar-refractivity contribution in [2.45, 2.75) is 6.92 Å². The van der Waals surface area contributed by atoms with E-state index in [2.05, 4.69) is 10.3 Å². The smallest absolute Gasteiger partial charge is 0.250 e. The fraction of sp³-hybridized carbons (Fsp3) is 0.143. The van der Waals surface area contributed by atoms with Crippen LogP contribution in [0.4, 0.5) is 5.13 Å². The largest absolute Gasteiger partial charge is 0.497 e. The number of nitrogens with zero attached hydrogens (tertiary/aromatic N) is 1. The minimum atomic E-state index is -0.197. The van der Waals surface area contributed by atoms with Gasteiger partial charge in [-0.15, -0.1) is 11.3 Å². The predicted molar refractivity (Wildman–Crippen MR) is 77.5 cm³/mol.